The van der Waals surface area contributed by atoms with Gasteiger partial charge < -0.3 is 10.3 Å². The number of benzene rings is 2. The minimum atomic E-state index is -0.364. The van der Waals surface area contributed by atoms with Crippen LogP contribution in [0.1, 0.15) is 15.9 Å². The highest BCUT2D eigenvalue weighted by atomic mass is 35.5. The van der Waals surface area contributed by atoms with E-state index in [9.17, 15) is 9.59 Å². The van der Waals surface area contributed by atoms with Gasteiger partial charge in [-0.1, -0.05) is 41.4 Å². The second-order valence-corrected chi connectivity index (χ2v) is 6.68. The molecule has 0 spiro atoms. The number of anilines is 1. The Morgan fingerprint density at radius 3 is 2.21 bits per heavy atom. The molecule has 0 atom stereocenters. The Labute approximate surface area is 171 Å². The molecular weight excluding hydrogens is 399 g/mol. The third-order valence-corrected chi connectivity index (χ3v) is 4.20. The summed E-state index contributed by atoms with van der Waals surface area (Å²) in [6.07, 6.45) is 0. The monoisotopic (exact) mass is 414 g/mol. The van der Waals surface area contributed by atoms with Crippen molar-refractivity contribution in [2.24, 2.45) is 4.99 Å². The number of carbonyl (C=O) groups is 1. The Morgan fingerprint density at radius 2 is 1.57 bits per heavy atom. The summed E-state index contributed by atoms with van der Waals surface area (Å²) in [7, 11) is 0. The molecule has 0 saturated carbocycles. The first kappa shape index (κ1) is 19.7. The topological polar surface area (TPSA) is 86.3 Å². The van der Waals surface area contributed by atoms with Crippen LogP contribution in [0.5, 0.6) is 0 Å². The number of aromatic amines is 1. The summed E-state index contributed by atoms with van der Waals surface area (Å²) < 4.78 is 0. The summed E-state index contributed by atoms with van der Waals surface area (Å²) in [4.78, 5) is 31.1. The fourth-order valence-electron chi connectivity index (χ4n) is 2.30. The number of hydrogen-bond donors (Lipinski definition) is 3. The molecule has 0 saturated heterocycles. The molecule has 2 aromatic carbocycles. The highest BCUT2D eigenvalue weighted by molar-refractivity contribution is 6.31. The molecule has 3 rings (SSSR count). The lowest BCUT2D eigenvalue weighted by atomic mass is 10.2. The van der Waals surface area contributed by atoms with E-state index in [1.54, 1.807) is 48.5 Å². The first-order valence-electron chi connectivity index (χ1n) is 8.32. The molecule has 0 unspecified atom stereocenters. The van der Waals surface area contributed by atoms with E-state index in [4.69, 9.17) is 23.2 Å². The Balaban J connectivity index is 1.81. The molecular formula is C20H16Cl2N4O2. The number of hydrogen-bond acceptors (Lipinski definition) is 3. The number of carbonyl (C=O) groups excluding carboxylic acids is 1. The average molecular weight is 415 g/mol. The lowest BCUT2D eigenvalue weighted by Crippen LogP contribution is -2.36. The van der Waals surface area contributed by atoms with Gasteiger partial charge in [-0.3, -0.25) is 14.9 Å². The van der Waals surface area contributed by atoms with E-state index < -0.39 is 0 Å². The number of pyridine rings is 1. The van der Waals surface area contributed by atoms with Crippen molar-refractivity contribution in [3.05, 3.63) is 98.3 Å². The van der Waals surface area contributed by atoms with Crippen molar-refractivity contribution in [1.29, 1.82) is 0 Å². The summed E-state index contributed by atoms with van der Waals surface area (Å²) >= 11 is 11.8. The van der Waals surface area contributed by atoms with Gasteiger partial charge in [0, 0.05) is 21.7 Å². The quantitative estimate of drug-likeness (QED) is 0.443. The van der Waals surface area contributed by atoms with Crippen LogP contribution in [-0.2, 0) is 6.54 Å². The summed E-state index contributed by atoms with van der Waals surface area (Å²) in [5, 5.41) is 6.80. The van der Waals surface area contributed by atoms with Crippen LogP contribution in [-0.4, -0.2) is 16.9 Å². The van der Waals surface area contributed by atoms with E-state index in [-0.39, 0.29) is 17.4 Å². The molecule has 3 aromatic rings. The zero-order valence-corrected chi connectivity index (χ0v) is 16.1. The third kappa shape index (κ3) is 5.70. The summed E-state index contributed by atoms with van der Waals surface area (Å²) in [5.41, 5.74) is 1.06. The molecule has 0 fully saturated rings. The maximum absolute atomic E-state index is 12.5. The van der Waals surface area contributed by atoms with E-state index in [1.165, 1.54) is 6.07 Å². The van der Waals surface area contributed by atoms with E-state index in [0.717, 1.165) is 5.56 Å². The number of H-pyrrole nitrogens is 1. The second kappa shape index (κ2) is 9.21. The van der Waals surface area contributed by atoms with Gasteiger partial charge in [0.1, 0.15) is 5.82 Å². The molecule has 8 heteroatoms. The Kier molecular flexibility index (Phi) is 6.47. The van der Waals surface area contributed by atoms with Crippen molar-refractivity contribution in [2.75, 3.05) is 5.32 Å². The maximum atomic E-state index is 12.5. The molecule has 0 aliphatic heterocycles. The molecule has 1 heterocycles. The van der Waals surface area contributed by atoms with E-state index in [1.807, 2.05) is 12.1 Å². The lowest BCUT2D eigenvalue weighted by Gasteiger charge is -2.12. The number of amides is 1. The van der Waals surface area contributed by atoms with Crippen LogP contribution in [0.25, 0.3) is 0 Å². The van der Waals surface area contributed by atoms with E-state index >= 15 is 0 Å². The van der Waals surface area contributed by atoms with Crippen LogP contribution < -0.4 is 16.2 Å². The molecule has 3 N–H and O–H groups in total. The molecule has 0 aliphatic carbocycles. The highest BCUT2D eigenvalue weighted by Crippen LogP contribution is 2.11. The minimum Gasteiger partial charge on any atom is -0.312 e. The molecule has 28 heavy (non-hydrogen) atoms. The Bertz CT molecular complexity index is 1040. The SMILES string of the molecule is O=C(NC(=NCc1ccc(Cl)cc1)Nc1cccc(=O)[nH]1)c1ccc(Cl)cc1. The van der Waals surface area contributed by atoms with Crippen LogP contribution in [0, 0.1) is 0 Å². The van der Waals surface area contributed by atoms with Crippen molar-refractivity contribution in [3.8, 4) is 0 Å². The number of aliphatic imine (C=N–C) groups is 1. The van der Waals surface area contributed by atoms with Gasteiger partial charge >= 0.3 is 0 Å². The molecule has 1 amide bonds. The summed E-state index contributed by atoms with van der Waals surface area (Å²) in [6, 6.07) is 18.3. The Morgan fingerprint density at radius 1 is 0.929 bits per heavy atom. The average Bonchev–Trinajstić information content (AvgIpc) is 2.68. The van der Waals surface area contributed by atoms with Gasteiger partial charge in [0.15, 0.2) is 0 Å². The van der Waals surface area contributed by atoms with Crippen LogP contribution >= 0.6 is 23.2 Å². The number of guanidine groups is 1. The molecule has 0 radical (unpaired) electrons. The first-order chi connectivity index (χ1) is 13.5. The Hall–Kier alpha value is -3.09. The first-order valence-corrected chi connectivity index (χ1v) is 9.07. The number of nitrogens with zero attached hydrogens (tertiary/aromatic N) is 1. The number of rotatable bonds is 4. The van der Waals surface area contributed by atoms with Crippen molar-refractivity contribution < 1.29 is 4.79 Å². The number of nitrogens with one attached hydrogen (secondary N) is 3. The van der Waals surface area contributed by atoms with Gasteiger partial charge in [-0.25, -0.2) is 4.99 Å². The molecule has 142 valence electrons. The van der Waals surface area contributed by atoms with E-state index in [0.29, 0.717) is 28.0 Å². The van der Waals surface area contributed by atoms with Gasteiger partial charge in [0.2, 0.25) is 11.5 Å². The van der Waals surface area contributed by atoms with Gasteiger partial charge in [-0.2, -0.15) is 0 Å². The summed E-state index contributed by atoms with van der Waals surface area (Å²) in [5.74, 6) is 0.229. The lowest BCUT2D eigenvalue weighted by molar-refractivity contribution is 0.0977. The van der Waals surface area contributed by atoms with Crippen LogP contribution in [0.2, 0.25) is 10.0 Å². The van der Waals surface area contributed by atoms with Crippen LogP contribution in [0.15, 0.2) is 76.5 Å². The third-order valence-electron chi connectivity index (χ3n) is 3.69. The largest absolute Gasteiger partial charge is 0.312 e. The van der Waals surface area contributed by atoms with Crippen LogP contribution in [0.4, 0.5) is 5.82 Å². The normalized spacial score (nSPS) is 11.1. The van der Waals surface area contributed by atoms with Crippen molar-refractivity contribution >= 4 is 40.9 Å². The fourth-order valence-corrected chi connectivity index (χ4v) is 2.55. The van der Waals surface area contributed by atoms with Crippen molar-refractivity contribution in [3.63, 3.8) is 0 Å². The standard InChI is InChI=1S/C20H16Cl2N4O2/c21-15-8-4-13(5-9-15)12-23-20(25-17-2-1-3-18(27)24-17)26-19(28)14-6-10-16(22)11-7-14/h1-11H,12H2,(H3,23,24,25,26,27,28). The minimum absolute atomic E-state index is 0.191. The predicted octanol–water partition coefficient (Wildman–Crippen LogP) is 4.08. The van der Waals surface area contributed by atoms with Crippen molar-refractivity contribution in [2.45, 2.75) is 6.54 Å². The highest BCUT2D eigenvalue weighted by Gasteiger charge is 2.10. The zero-order valence-electron chi connectivity index (χ0n) is 14.6. The number of halogens is 2. The van der Waals surface area contributed by atoms with Gasteiger partial charge in [-0.05, 0) is 48.0 Å². The van der Waals surface area contributed by atoms with Crippen LogP contribution in [0.3, 0.4) is 0 Å². The fraction of sp³-hybridized carbons (Fsp3) is 0.0500. The molecule has 0 bridgehead atoms. The second-order valence-electron chi connectivity index (χ2n) is 5.81. The zero-order chi connectivity index (χ0) is 19.9. The molecule has 1 aromatic heterocycles. The van der Waals surface area contributed by atoms with Gasteiger partial charge in [-0.15, -0.1) is 0 Å². The molecule has 0 aliphatic rings. The number of aromatic nitrogens is 1. The van der Waals surface area contributed by atoms with E-state index in [2.05, 4.69) is 20.6 Å². The predicted molar refractivity (Wildman–Crippen MR) is 112 cm³/mol. The van der Waals surface area contributed by atoms with Crippen molar-refractivity contribution in [1.82, 2.24) is 10.3 Å². The summed E-state index contributed by atoms with van der Waals surface area (Å²) in [6.45, 7) is 0.303. The molecule has 6 nitrogen and oxygen atoms in total. The van der Waals surface area contributed by atoms with Gasteiger partial charge in [0.05, 0.1) is 6.54 Å². The van der Waals surface area contributed by atoms with Gasteiger partial charge in [0.25, 0.3) is 5.91 Å². The maximum Gasteiger partial charge on any atom is 0.257 e. The smallest absolute Gasteiger partial charge is 0.257 e.